The Bertz CT molecular complexity index is 352. The molecular weight excluding hydrogens is 389 g/mol. The second kappa shape index (κ2) is 12.2. The van der Waals surface area contributed by atoms with Crippen molar-refractivity contribution in [2.24, 2.45) is 4.99 Å². The lowest BCUT2D eigenvalue weighted by atomic mass is 9.97. The van der Waals surface area contributed by atoms with Crippen LogP contribution in [0.1, 0.15) is 58.3 Å². The largest absolute Gasteiger partial charge is 0.378 e. The minimum atomic E-state index is 0. The Labute approximate surface area is 152 Å². The first-order chi connectivity index (χ1) is 10.4. The Balaban J connectivity index is 0.00000242. The summed E-state index contributed by atoms with van der Waals surface area (Å²) in [5.74, 6) is 0.951. The van der Waals surface area contributed by atoms with E-state index in [1.807, 2.05) is 0 Å². The molecule has 1 fully saturated rings. The molecule has 2 aliphatic rings. The van der Waals surface area contributed by atoms with E-state index in [-0.39, 0.29) is 24.0 Å². The van der Waals surface area contributed by atoms with Gasteiger partial charge in [-0.05, 0) is 58.3 Å². The summed E-state index contributed by atoms with van der Waals surface area (Å²) in [6.07, 6.45) is 12.7. The van der Waals surface area contributed by atoms with E-state index in [1.165, 1.54) is 38.5 Å². The van der Waals surface area contributed by atoms with Crippen LogP contribution in [-0.4, -0.2) is 38.3 Å². The van der Waals surface area contributed by atoms with Gasteiger partial charge in [0, 0.05) is 26.2 Å². The van der Waals surface area contributed by atoms with Crippen LogP contribution in [0, 0.1) is 0 Å². The van der Waals surface area contributed by atoms with Gasteiger partial charge in [-0.1, -0.05) is 11.6 Å². The van der Waals surface area contributed by atoms with Gasteiger partial charge in [0.2, 0.25) is 0 Å². The van der Waals surface area contributed by atoms with Crippen molar-refractivity contribution in [2.45, 2.75) is 64.4 Å². The highest BCUT2D eigenvalue weighted by molar-refractivity contribution is 14.0. The Kier molecular flexibility index (Phi) is 10.9. The number of nitrogens with zero attached hydrogens (tertiary/aromatic N) is 1. The maximum absolute atomic E-state index is 5.64. The van der Waals surface area contributed by atoms with E-state index in [2.05, 4.69) is 28.6 Å². The van der Waals surface area contributed by atoms with E-state index in [9.17, 15) is 0 Å². The van der Waals surface area contributed by atoms with Crippen LogP contribution >= 0.6 is 24.0 Å². The van der Waals surface area contributed by atoms with Crippen LogP contribution in [0.15, 0.2) is 16.6 Å². The molecule has 0 bridgehead atoms. The van der Waals surface area contributed by atoms with Crippen molar-refractivity contribution in [1.29, 1.82) is 0 Å². The lowest BCUT2D eigenvalue weighted by Gasteiger charge is -2.15. The highest BCUT2D eigenvalue weighted by atomic mass is 127. The molecule has 128 valence electrons. The standard InChI is InChI=1S/C17H31N3O.HI/c1-2-18-17(20-13-11-16-9-6-14-21-16)19-12-10-15-7-4-3-5-8-15;/h7,16H,2-6,8-14H2,1H3,(H2,18,19,20);1H. The minimum absolute atomic E-state index is 0. The summed E-state index contributed by atoms with van der Waals surface area (Å²) in [4.78, 5) is 4.65. The first-order valence-electron chi connectivity index (χ1n) is 8.70. The van der Waals surface area contributed by atoms with Crippen molar-refractivity contribution < 1.29 is 4.74 Å². The van der Waals surface area contributed by atoms with Crippen LogP contribution in [0.3, 0.4) is 0 Å². The summed E-state index contributed by atoms with van der Waals surface area (Å²) in [6.45, 7) is 5.79. The molecule has 1 aliphatic heterocycles. The smallest absolute Gasteiger partial charge is 0.191 e. The Hall–Kier alpha value is -0.300. The molecule has 0 aromatic heterocycles. The molecule has 1 saturated heterocycles. The Morgan fingerprint density at radius 3 is 2.91 bits per heavy atom. The van der Waals surface area contributed by atoms with Gasteiger partial charge in [-0.3, -0.25) is 4.99 Å². The molecule has 0 spiro atoms. The van der Waals surface area contributed by atoms with E-state index in [1.54, 1.807) is 5.57 Å². The molecule has 4 nitrogen and oxygen atoms in total. The predicted molar refractivity (Wildman–Crippen MR) is 104 cm³/mol. The molecule has 0 aromatic carbocycles. The number of guanidine groups is 1. The zero-order chi connectivity index (χ0) is 14.8. The molecule has 1 atom stereocenters. The molecule has 5 heteroatoms. The predicted octanol–water partition coefficient (Wildman–Crippen LogP) is 3.62. The topological polar surface area (TPSA) is 45.7 Å². The fourth-order valence-corrected chi connectivity index (χ4v) is 3.01. The first-order valence-corrected chi connectivity index (χ1v) is 8.70. The number of aliphatic imine (C=N–C) groups is 1. The molecule has 1 heterocycles. The van der Waals surface area contributed by atoms with Gasteiger partial charge in [-0.15, -0.1) is 24.0 Å². The maximum atomic E-state index is 5.64. The van der Waals surface area contributed by atoms with Gasteiger partial charge < -0.3 is 15.4 Å². The lowest BCUT2D eigenvalue weighted by molar-refractivity contribution is 0.106. The van der Waals surface area contributed by atoms with Crippen molar-refractivity contribution in [3.63, 3.8) is 0 Å². The summed E-state index contributed by atoms with van der Waals surface area (Å²) < 4.78 is 5.64. The second-order valence-corrected chi connectivity index (χ2v) is 5.97. The highest BCUT2D eigenvalue weighted by Crippen LogP contribution is 2.19. The lowest BCUT2D eigenvalue weighted by Crippen LogP contribution is -2.38. The van der Waals surface area contributed by atoms with Crippen molar-refractivity contribution in [1.82, 2.24) is 10.6 Å². The number of rotatable bonds is 7. The number of halogens is 1. The molecule has 1 aliphatic carbocycles. The summed E-state index contributed by atoms with van der Waals surface area (Å²) in [5, 5.41) is 6.77. The number of ether oxygens (including phenoxy) is 1. The van der Waals surface area contributed by atoms with Crippen LogP contribution in [-0.2, 0) is 4.74 Å². The van der Waals surface area contributed by atoms with Crippen molar-refractivity contribution in [3.05, 3.63) is 11.6 Å². The van der Waals surface area contributed by atoms with E-state index in [0.29, 0.717) is 6.10 Å². The average molecular weight is 421 g/mol. The van der Waals surface area contributed by atoms with E-state index >= 15 is 0 Å². The molecule has 2 N–H and O–H groups in total. The van der Waals surface area contributed by atoms with Gasteiger partial charge >= 0.3 is 0 Å². The zero-order valence-electron chi connectivity index (χ0n) is 13.9. The van der Waals surface area contributed by atoms with Crippen molar-refractivity contribution in [2.75, 3.05) is 26.2 Å². The molecule has 0 saturated carbocycles. The summed E-state index contributed by atoms with van der Waals surface area (Å²) >= 11 is 0. The Morgan fingerprint density at radius 1 is 1.32 bits per heavy atom. The van der Waals surface area contributed by atoms with Crippen LogP contribution in [0.2, 0.25) is 0 Å². The van der Waals surface area contributed by atoms with Gasteiger partial charge in [0.1, 0.15) is 0 Å². The minimum Gasteiger partial charge on any atom is -0.378 e. The zero-order valence-corrected chi connectivity index (χ0v) is 16.2. The molecule has 2 rings (SSSR count). The number of allylic oxidation sites excluding steroid dienone is 1. The fraction of sp³-hybridized carbons (Fsp3) is 0.824. The summed E-state index contributed by atoms with van der Waals surface area (Å²) in [6, 6.07) is 0. The average Bonchev–Trinajstić information content (AvgIpc) is 3.02. The van der Waals surface area contributed by atoms with Gasteiger partial charge in [-0.2, -0.15) is 0 Å². The third-order valence-electron chi connectivity index (χ3n) is 4.21. The second-order valence-electron chi connectivity index (χ2n) is 5.97. The molecule has 0 amide bonds. The van der Waals surface area contributed by atoms with Crippen LogP contribution < -0.4 is 10.6 Å². The Morgan fingerprint density at radius 2 is 2.23 bits per heavy atom. The number of hydrogen-bond acceptors (Lipinski definition) is 2. The van der Waals surface area contributed by atoms with Gasteiger partial charge in [0.15, 0.2) is 5.96 Å². The van der Waals surface area contributed by atoms with Crippen molar-refractivity contribution >= 4 is 29.9 Å². The first kappa shape index (κ1) is 19.7. The third-order valence-corrected chi connectivity index (χ3v) is 4.21. The van der Waals surface area contributed by atoms with Crippen LogP contribution in [0.5, 0.6) is 0 Å². The van der Waals surface area contributed by atoms with Gasteiger partial charge in [0.05, 0.1) is 6.10 Å². The molecule has 0 radical (unpaired) electrons. The SMILES string of the molecule is CCNC(=NCCC1CCCO1)NCCC1=CCCCC1.I. The molecule has 1 unspecified atom stereocenters. The summed E-state index contributed by atoms with van der Waals surface area (Å²) in [5.41, 5.74) is 1.61. The van der Waals surface area contributed by atoms with Gasteiger partial charge in [-0.25, -0.2) is 0 Å². The number of nitrogens with one attached hydrogen (secondary N) is 2. The fourth-order valence-electron chi connectivity index (χ4n) is 3.01. The highest BCUT2D eigenvalue weighted by Gasteiger charge is 2.14. The van der Waals surface area contributed by atoms with E-state index in [4.69, 9.17) is 4.74 Å². The van der Waals surface area contributed by atoms with Crippen molar-refractivity contribution in [3.8, 4) is 0 Å². The van der Waals surface area contributed by atoms with Gasteiger partial charge in [0.25, 0.3) is 0 Å². The van der Waals surface area contributed by atoms with E-state index < -0.39 is 0 Å². The molecular formula is C17H32IN3O. The van der Waals surface area contributed by atoms with Crippen LogP contribution in [0.25, 0.3) is 0 Å². The van der Waals surface area contributed by atoms with E-state index in [0.717, 1.165) is 45.0 Å². The van der Waals surface area contributed by atoms with Crippen LogP contribution in [0.4, 0.5) is 0 Å². The summed E-state index contributed by atoms with van der Waals surface area (Å²) in [7, 11) is 0. The molecule has 0 aromatic rings. The number of hydrogen-bond donors (Lipinski definition) is 2. The normalized spacial score (nSPS) is 22.0. The maximum Gasteiger partial charge on any atom is 0.191 e. The third kappa shape index (κ3) is 7.81. The molecule has 22 heavy (non-hydrogen) atoms. The quantitative estimate of drug-likeness (QED) is 0.286. The monoisotopic (exact) mass is 421 g/mol.